The van der Waals surface area contributed by atoms with Gasteiger partial charge in [0, 0.05) is 5.92 Å². The quantitative estimate of drug-likeness (QED) is 0.434. The summed E-state index contributed by atoms with van der Waals surface area (Å²) >= 11 is 0. The van der Waals surface area contributed by atoms with Crippen molar-refractivity contribution in [2.75, 3.05) is 0 Å². The maximum Gasteiger partial charge on any atom is 0.416 e. The van der Waals surface area contributed by atoms with Crippen molar-refractivity contribution in [1.82, 2.24) is 9.97 Å². The summed E-state index contributed by atoms with van der Waals surface area (Å²) in [6.45, 7) is -0.0285. The number of imidazole rings is 1. The molecule has 1 aliphatic carbocycles. The number of nitrogens with one attached hydrogen (secondary N) is 1. The van der Waals surface area contributed by atoms with Crippen molar-refractivity contribution < 1.29 is 18.3 Å². The van der Waals surface area contributed by atoms with E-state index >= 15 is 0 Å². The monoisotopic (exact) mass is 408 g/mol. The summed E-state index contributed by atoms with van der Waals surface area (Å²) in [7, 11) is 0. The number of hydrogen-bond donors (Lipinski definition) is 2. The van der Waals surface area contributed by atoms with Crippen molar-refractivity contribution in [3.63, 3.8) is 0 Å². The van der Waals surface area contributed by atoms with Crippen LogP contribution in [0.3, 0.4) is 0 Å². The van der Waals surface area contributed by atoms with Gasteiger partial charge in [-0.3, -0.25) is 0 Å². The second-order valence-electron chi connectivity index (χ2n) is 7.74. The summed E-state index contributed by atoms with van der Waals surface area (Å²) in [5, 5.41) is 9.59. The molecule has 5 rings (SSSR count). The normalized spacial score (nSPS) is 18.7. The van der Waals surface area contributed by atoms with Gasteiger partial charge in [-0.2, -0.15) is 13.2 Å². The Labute approximate surface area is 171 Å². The minimum atomic E-state index is -4.31. The van der Waals surface area contributed by atoms with Crippen LogP contribution in [-0.4, -0.2) is 15.1 Å². The lowest BCUT2D eigenvalue weighted by Crippen LogP contribution is -2.04. The fourth-order valence-corrected chi connectivity index (χ4v) is 4.10. The van der Waals surface area contributed by atoms with Gasteiger partial charge in [-0.25, -0.2) is 4.98 Å². The van der Waals surface area contributed by atoms with Gasteiger partial charge < -0.3 is 10.1 Å². The van der Waals surface area contributed by atoms with Gasteiger partial charge in [0.25, 0.3) is 0 Å². The topological polar surface area (TPSA) is 48.9 Å². The van der Waals surface area contributed by atoms with Gasteiger partial charge in [-0.05, 0) is 58.9 Å². The highest BCUT2D eigenvalue weighted by Gasteiger charge is 2.42. The van der Waals surface area contributed by atoms with Gasteiger partial charge in [0.15, 0.2) is 0 Å². The molecule has 1 saturated carbocycles. The molecule has 2 N–H and O–H groups in total. The third-order valence-corrected chi connectivity index (χ3v) is 5.81. The van der Waals surface area contributed by atoms with E-state index in [1.807, 2.05) is 42.5 Å². The summed E-state index contributed by atoms with van der Waals surface area (Å²) in [4.78, 5) is 8.09. The van der Waals surface area contributed by atoms with Gasteiger partial charge in [0.05, 0.1) is 23.2 Å². The molecular formula is C24H19F3N2O. The first-order valence-corrected chi connectivity index (χ1v) is 9.80. The average Bonchev–Trinajstić information content (AvgIpc) is 3.44. The van der Waals surface area contributed by atoms with Crippen LogP contribution in [0.2, 0.25) is 0 Å². The summed E-state index contributed by atoms with van der Waals surface area (Å²) in [6.07, 6.45) is -3.45. The van der Waals surface area contributed by atoms with Crippen LogP contribution in [-0.2, 0) is 12.8 Å². The fraction of sp³-hybridized carbons (Fsp3) is 0.208. The number of rotatable bonds is 4. The third-order valence-electron chi connectivity index (χ3n) is 5.81. The molecule has 30 heavy (non-hydrogen) atoms. The number of aliphatic hydroxyl groups is 1. The molecule has 1 aromatic heterocycles. The Balaban J connectivity index is 1.40. The number of alkyl halides is 3. The molecule has 0 amide bonds. The number of aromatic amines is 1. The van der Waals surface area contributed by atoms with Crippen LogP contribution in [0.15, 0.2) is 66.7 Å². The van der Waals surface area contributed by atoms with E-state index in [-0.39, 0.29) is 18.4 Å². The lowest BCUT2D eigenvalue weighted by atomic mass is 10.00. The summed E-state index contributed by atoms with van der Waals surface area (Å²) in [5.41, 5.74) is 4.89. The van der Waals surface area contributed by atoms with Crippen molar-refractivity contribution in [2.45, 2.75) is 31.0 Å². The van der Waals surface area contributed by atoms with E-state index in [2.05, 4.69) is 4.98 Å². The predicted octanol–water partition coefficient (Wildman–Crippen LogP) is 6.01. The Morgan fingerprint density at radius 1 is 0.967 bits per heavy atom. The van der Waals surface area contributed by atoms with Gasteiger partial charge in [-0.1, -0.05) is 42.5 Å². The zero-order valence-electron chi connectivity index (χ0n) is 15.9. The van der Waals surface area contributed by atoms with Crippen molar-refractivity contribution in [1.29, 1.82) is 0 Å². The Hall–Kier alpha value is -3.12. The third kappa shape index (κ3) is 3.37. The molecule has 1 heterocycles. The Bertz CT molecular complexity index is 1210. The molecule has 2 unspecified atom stereocenters. The minimum absolute atomic E-state index is 0.0285. The van der Waals surface area contributed by atoms with Crippen LogP contribution < -0.4 is 0 Å². The zero-order valence-corrected chi connectivity index (χ0v) is 15.9. The molecule has 0 saturated heterocycles. The molecule has 1 aliphatic rings. The lowest BCUT2D eigenvalue weighted by Gasteiger charge is -2.07. The van der Waals surface area contributed by atoms with Crippen molar-refractivity contribution >= 4 is 11.0 Å². The molecule has 1 fully saturated rings. The number of benzene rings is 3. The maximum absolute atomic E-state index is 12.8. The van der Waals surface area contributed by atoms with E-state index in [9.17, 15) is 18.3 Å². The van der Waals surface area contributed by atoms with Crippen LogP contribution in [0.5, 0.6) is 0 Å². The molecule has 152 valence electrons. The first kappa shape index (κ1) is 18.9. The number of H-pyrrole nitrogens is 1. The highest BCUT2D eigenvalue weighted by Crippen LogP contribution is 2.54. The average molecular weight is 408 g/mol. The van der Waals surface area contributed by atoms with Gasteiger partial charge >= 0.3 is 6.18 Å². The Morgan fingerprint density at radius 2 is 1.73 bits per heavy atom. The molecule has 0 bridgehead atoms. The highest BCUT2D eigenvalue weighted by atomic mass is 19.4. The number of aliphatic hydroxyl groups excluding tert-OH is 1. The second kappa shape index (κ2) is 6.99. The summed E-state index contributed by atoms with van der Waals surface area (Å²) in [6, 6.07) is 19.1. The highest BCUT2D eigenvalue weighted by molar-refractivity contribution is 5.83. The predicted molar refractivity (Wildman–Crippen MR) is 109 cm³/mol. The SMILES string of the molecule is OCc1ccccc1-c1ccc2nc(C3CC3c3ccc(C(F)(F)F)cc3)[nH]c2c1. The molecule has 0 aliphatic heterocycles. The van der Waals surface area contributed by atoms with Crippen LogP contribution in [0, 0.1) is 0 Å². The summed E-state index contributed by atoms with van der Waals surface area (Å²) in [5.74, 6) is 1.23. The van der Waals surface area contributed by atoms with Crippen LogP contribution in [0.4, 0.5) is 13.2 Å². The molecule has 2 atom stereocenters. The van der Waals surface area contributed by atoms with Crippen LogP contribution in [0.25, 0.3) is 22.2 Å². The summed E-state index contributed by atoms with van der Waals surface area (Å²) < 4.78 is 38.3. The molecule has 3 aromatic carbocycles. The van der Waals surface area contributed by atoms with E-state index in [1.165, 1.54) is 0 Å². The number of hydrogen-bond acceptors (Lipinski definition) is 2. The molecule has 4 aromatic rings. The maximum atomic E-state index is 12.8. The van der Waals surface area contributed by atoms with Crippen molar-refractivity contribution in [3.05, 3.63) is 89.2 Å². The molecule has 3 nitrogen and oxygen atoms in total. The van der Waals surface area contributed by atoms with E-state index < -0.39 is 11.7 Å². The zero-order chi connectivity index (χ0) is 20.9. The van der Waals surface area contributed by atoms with E-state index in [0.717, 1.165) is 57.7 Å². The minimum Gasteiger partial charge on any atom is -0.392 e. The standard InChI is InChI=1S/C24H19F3N2O/c25-24(26,27)17-8-5-14(6-9-17)19-12-20(19)23-28-21-10-7-15(11-22(21)29-23)18-4-2-1-3-16(18)13-30/h1-11,19-20,30H,12-13H2,(H,28,29). The number of fused-ring (bicyclic) bond motifs is 1. The van der Waals surface area contributed by atoms with Crippen molar-refractivity contribution in [3.8, 4) is 11.1 Å². The van der Waals surface area contributed by atoms with Gasteiger partial charge in [0.2, 0.25) is 0 Å². The van der Waals surface area contributed by atoms with Crippen molar-refractivity contribution in [2.24, 2.45) is 0 Å². The first-order valence-electron chi connectivity index (χ1n) is 9.80. The number of nitrogens with zero attached hydrogens (tertiary/aromatic N) is 1. The second-order valence-corrected chi connectivity index (χ2v) is 7.74. The molecule has 0 radical (unpaired) electrons. The largest absolute Gasteiger partial charge is 0.416 e. The van der Waals surface area contributed by atoms with Crippen LogP contribution in [0.1, 0.15) is 40.8 Å². The van der Waals surface area contributed by atoms with E-state index in [4.69, 9.17) is 4.98 Å². The molecule has 0 spiro atoms. The Kier molecular flexibility index (Phi) is 4.40. The lowest BCUT2D eigenvalue weighted by molar-refractivity contribution is -0.137. The molecule has 6 heteroatoms. The van der Waals surface area contributed by atoms with Gasteiger partial charge in [0.1, 0.15) is 5.82 Å². The Morgan fingerprint density at radius 3 is 2.47 bits per heavy atom. The van der Waals surface area contributed by atoms with Gasteiger partial charge in [-0.15, -0.1) is 0 Å². The fourth-order valence-electron chi connectivity index (χ4n) is 4.10. The smallest absolute Gasteiger partial charge is 0.392 e. The van der Waals surface area contributed by atoms with Crippen LogP contribution >= 0.6 is 0 Å². The van der Waals surface area contributed by atoms with E-state index in [0.29, 0.717) is 0 Å². The van der Waals surface area contributed by atoms with E-state index in [1.54, 1.807) is 12.1 Å². The number of halogens is 3. The number of aromatic nitrogens is 2. The molecular weight excluding hydrogens is 389 g/mol. The first-order chi connectivity index (χ1) is 14.4.